The molecule has 5 rings (SSSR count). The van der Waals surface area contributed by atoms with Crippen molar-refractivity contribution in [2.75, 3.05) is 37.6 Å². The van der Waals surface area contributed by atoms with E-state index in [4.69, 9.17) is 26.6 Å². The Bertz CT molecular complexity index is 2810. The van der Waals surface area contributed by atoms with Gasteiger partial charge in [-0.3, -0.25) is 0 Å². The van der Waals surface area contributed by atoms with Crippen LogP contribution in [0, 0.1) is 23.7 Å². The molecule has 19 nitrogen and oxygen atoms in total. The number of unbranched alkanes of at least 4 members (excludes halogenated alkanes) is 4. The first-order chi connectivity index (χ1) is 38.9. The molecule has 0 bridgehead atoms. The highest BCUT2D eigenvalue weighted by Gasteiger charge is 2.33. The van der Waals surface area contributed by atoms with Crippen LogP contribution in [0.5, 0.6) is 0 Å². The number of anilines is 2. The molecular weight excluding hydrogens is 1070 g/mol. The molecule has 21 heteroatoms. The van der Waals surface area contributed by atoms with Gasteiger partial charge in [0, 0.05) is 37.0 Å². The summed E-state index contributed by atoms with van der Waals surface area (Å²) in [5, 5.41) is 28.0. The third-order valence-electron chi connectivity index (χ3n) is 15.6. The summed E-state index contributed by atoms with van der Waals surface area (Å²) >= 11 is 0. The van der Waals surface area contributed by atoms with Crippen molar-refractivity contribution in [1.82, 2.24) is 43.1 Å². The van der Waals surface area contributed by atoms with Gasteiger partial charge in [0.2, 0.25) is 20.0 Å². The number of nitrogens with zero attached hydrogens (tertiary/aromatic N) is 13. The third kappa shape index (κ3) is 17.8. The Morgan fingerprint density at radius 2 is 0.768 bits per heavy atom. The summed E-state index contributed by atoms with van der Waals surface area (Å²) in [6.45, 7) is 31.1. The number of nitrogens with two attached hydrogens (primary N) is 2. The van der Waals surface area contributed by atoms with Crippen LogP contribution >= 0.6 is 0 Å². The Morgan fingerprint density at radius 3 is 1.02 bits per heavy atom. The van der Waals surface area contributed by atoms with Gasteiger partial charge in [-0.1, -0.05) is 174 Å². The van der Waals surface area contributed by atoms with E-state index >= 15 is 0 Å². The highest BCUT2D eigenvalue weighted by molar-refractivity contribution is 7.89. The molecule has 0 radical (unpaired) electrons. The molecule has 5 aromatic rings. The largest absolute Gasteiger partial charge is 0.382 e. The maximum absolute atomic E-state index is 14.4. The van der Waals surface area contributed by atoms with E-state index in [1.165, 1.54) is 15.7 Å². The molecule has 4 atom stereocenters. The predicted molar refractivity (Wildman–Crippen MR) is 332 cm³/mol. The van der Waals surface area contributed by atoms with Crippen LogP contribution in [0.3, 0.4) is 0 Å². The Hall–Kier alpha value is -5.51. The van der Waals surface area contributed by atoms with Gasteiger partial charge in [0.15, 0.2) is 23.0 Å². The van der Waals surface area contributed by atoms with Crippen LogP contribution in [0.15, 0.2) is 85.1 Å². The zero-order valence-electron chi connectivity index (χ0n) is 52.1. The molecule has 0 fully saturated rings. The lowest BCUT2D eigenvalue weighted by Crippen LogP contribution is -2.39. The highest BCUT2D eigenvalue weighted by Crippen LogP contribution is 2.40. The number of benzene rings is 2. The number of hydrogen-bond acceptors (Lipinski definition) is 15. The molecule has 0 saturated carbocycles. The first-order valence-electron chi connectivity index (χ1n) is 30.4. The number of aromatic nitrogens is 7. The van der Waals surface area contributed by atoms with Crippen molar-refractivity contribution in [2.24, 2.45) is 44.1 Å². The van der Waals surface area contributed by atoms with E-state index in [-0.39, 0.29) is 57.0 Å². The first-order valence-corrected chi connectivity index (χ1v) is 33.3. The van der Waals surface area contributed by atoms with Crippen LogP contribution in [0.25, 0.3) is 11.9 Å². The lowest BCUT2D eigenvalue weighted by molar-refractivity contribution is 0.270. The summed E-state index contributed by atoms with van der Waals surface area (Å²) in [5.41, 5.74) is 15.1. The second-order valence-corrected chi connectivity index (χ2v) is 28.1. The minimum Gasteiger partial charge on any atom is -0.382 e. The molecule has 2 aromatic carbocycles. The molecule has 4 unspecified atom stereocenters. The van der Waals surface area contributed by atoms with Gasteiger partial charge in [0.25, 0.3) is 11.9 Å². The molecule has 4 N–H and O–H groups in total. The highest BCUT2D eigenvalue weighted by atomic mass is 32.2. The minimum atomic E-state index is -3.81. The van der Waals surface area contributed by atoms with Crippen LogP contribution in [0.2, 0.25) is 0 Å². The average Bonchev–Trinajstić information content (AvgIpc) is 3.80. The van der Waals surface area contributed by atoms with Crippen molar-refractivity contribution in [2.45, 2.75) is 220 Å². The summed E-state index contributed by atoms with van der Waals surface area (Å²) in [6, 6.07) is 13.1. The quantitative estimate of drug-likeness (QED) is 0.0366. The maximum Gasteiger partial charge on any atom is 0.257 e. The molecule has 454 valence electrons. The Labute approximate surface area is 492 Å². The molecule has 0 aliphatic rings. The van der Waals surface area contributed by atoms with Gasteiger partial charge in [0.1, 0.15) is 6.33 Å². The number of hydrogen-bond donors (Lipinski definition) is 2. The fourth-order valence-corrected chi connectivity index (χ4v) is 13.3. The number of nitrogen functional groups attached to an aromatic ring is 2. The van der Waals surface area contributed by atoms with E-state index in [1.807, 2.05) is 41.5 Å². The van der Waals surface area contributed by atoms with Gasteiger partial charge in [-0.05, 0) is 97.9 Å². The number of azo groups is 2. The average molecular weight is 1170 g/mol. The van der Waals surface area contributed by atoms with E-state index in [0.717, 1.165) is 103 Å². The first kappa shape index (κ1) is 67.3. The Kier molecular flexibility index (Phi) is 25.3. The van der Waals surface area contributed by atoms with Gasteiger partial charge >= 0.3 is 0 Å². The lowest BCUT2D eigenvalue weighted by Gasteiger charge is -2.30. The van der Waals surface area contributed by atoms with E-state index in [2.05, 4.69) is 85.8 Å². The fourth-order valence-electron chi connectivity index (χ4n) is 10.1. The Balaban J connectivity index is 1.44. The monoisotopic (exact) mass is 1170 g/mol. The normalized spacial score (nSPS) is 14.4. The molecule has 0 aliphatic carbocycles. The summed E-state index contributed by atoms with van der Waals surface area (Å²) in [6.07, 6.45) is 17.5. The lowest BCUT2D eigenvalue weighted by atomic mass is 9.91. The summed E-state index contributed by atoms with van der Waals surface area (Å²) in [5.74, 6) is 1.48. The Morgan fingerprint density at radius 1 is 0.476 bits per heavy atom. The van der Waals surface area contributed by atoms with Gasteiger partial charge in [-0.25, -0.2) is 16.8 Å². The van der Waals surface area contributed by atoms with Crippen LogP contribution in [0.4, 0.5) is 34.4 Å². The van der Waals surface area contributed by atoms with E-state index in [0.29, 0.717) is 60.3 Å². The molecule has 0 aliphatic heterocycles. The van der Waals surface area contributed by atoms with Crippen molar-refractivity contribution in [3.05, 3.63) is 66.2 Å². The molecule has 3 heterocycles. The zero-order valence-corrected chi connectivity index (χ0v) is 53.7. The van der Waals surface area contributed by atoms with E-state index in [1.54, 1.807) is 57.1 Å². The minimum absolute atomic E-state index is 0.0647. The topological polar surface area (TPSA) is 251 Å². The van der Waals surface area contributed by atoms with Crippen LogP contribution in [0.1, 0.15) is 211 Å². The van der Waals surface area contributed by atoms with Gasteiger partial charge in [-0.2, -0.15) is 53.4 Å². The maximum atomic E-state index is 14.4. The van der Waals surface area contributed by atoms with Crippen LogP contribution in [-0.2, 0) is 30.9 Å². The standard InChI is InChI=1S/C61H99N15O4S2/c1-15-23-27-44(19-5)39-73(40-45(20-6)28-24-16-2)81(77,78)50-35-31-48(32-36-50)67-69-52-54(60(9,10)11)71-75(56(52)62)58-64-43-65-59(66-58)76-57(63)53(55(72-76)61(12,13)14)70-68-49-33-37-51(38-34-49)82(79,80)74(41-46(21-7)29-25-17-3)42-47(22-8)30-26-18-4/h31-38,43-47H,15-30,39-42,62-63H2,1-14H3. The smallest absolute Gasteiger partial charge is 0.257 e. The summed E-state index contributed by atoms with van der Waals surface area (Å²) in [4.78, 5) is 14.1. The van der Waals surface area contributed by atoms with Crippen LogP contribution < -0.4 is 11.5 Å². The van der Waals surface area contributed by atoms with Crippen molar-refractivity contribution >= 4 is 54.4 Å². The summed E-state index contributed by atoms with van der Waals surface area (Å²) < 4.78 is 63.9. The van der Waals surface area contributed by atoms with Crippen molar-refractivity contribution in [1.29, 1.82) is 0 Å². The van der Waals surface area contributed by atoms with Crippen LogP contribution in [-0.4, -0.2) is 86.1 Å². The van der Waals surface area contributed by atoms with Gasteiger partial charge in [0.05, 0.1) is 32.6 Å². The molecule has 0 spiro atoms. The van der Waals surface area contributed by atoms with Crippen molar-refractivity contribution in [3.63, 3.8) is 0 Å². The number of rotatable bonds is 34. The van der Waals surface area contributed by atoms with E-state index < -0.39 is 30.9 Å². The third-order valence-corrected chi connectivity index (χ3v) is 19.3. The molecule has 0 saturated heterocycles. The molecule has 82 heavy (non-hydrogen) atoms. The zero-order chi connectivity index (χ0) is 60.4. The van der Waals surface area contributed by atoms with Crippen molar-refractivity contribution in [3.8, 4) is 11.9 Å². The molecular formula is C61H99N15O4S2. The van der Waals surface area contributed by atoms with Gasteiger partial charge in [-0.15, -0.1) is 10.2 Å². The molecule has 3 aromatic heterocycles. The number of sulfonamides is 2. The second kappa shape index (κ2) is 30.9. The van der Waals surface area contributed by atoms with Gasteiger partial charge < -0.3 is 11.5 Å². The van der Waals surface area contributed by atoms with Crippen molar-refractivity contribution < 1.29 is 16.8 Å². The second-order valence-electron chi connectivity index (χ2n) is 24.3. The fraction of sp³-hybridized carbons (Fsp3) is 0.656. The SMILES string of the molecule is CCCCC(CC)CN(CC(CC)CCCC)S(=O)(=O)c1ccc(N=Nc2c(C(C)(C)C)nn(-c3ncnc(-n4nc(C(C)(C)C)c(N=Nc5ccc(S(=O)(=O)N(CC(CC)CCCC)CC(CC)CCCC)cc5)c4N)n3)c2N)cc1. The molecule has 0 amide bonds. The predicted octanol–water partition coefficient (Wildman–Crippen LogP) is 15.7. The van der Waals surface area contributed by atoms with E-state index in [9.17, 15) is 16.8 Å². The summed E-state index contributed by atoms with van der Waals surface area (Å²) in [7, 11) is -7.61.